The molecule has 0 saturated heterocycles. The third-order valence-electron chi connectivity index (χ3n) is 4.77. The Hall–Kier alpha value is -0.900. The molecular formula is C20H27ClN2S. The number of nitrogens with one attached hydrogen (secondary N) is 1. The van der Waals surface area contributed by atoms with E-state index >= 15 is 0 Å². The van der Waals surface area contributed by atoms with Gasteiger partial charge in [0.25, 0.3) is 0 Å². The summed E-state index contributed by atoms with van der Waals surface area (Å²) in [6.07, 6.45) is 12.0. The topological polar surface area (TPSA) is 15.3 Å². The maximum atomic E-state index is 6.26. The summed E-state index contributed by atoms with van der Waals surface area (Å²) in [5.74, 6) is 0. The van der Waals surface area contributed by atoms with E-state index in [0.29, 0.717) is 0 Å². The van der Waals surface area contributed by atoms with Crippen molar-refractivity contribution in [1.29, 1.82) is 0 Å². The van der Waals surface area contributed by atoms with Crippen LogP contribution in [0, 0.1) is 0 Å². The first-order valence-electron chi connectivity index (χ1n) is 9.05. The van der Waals surface area contributed by atoms with Crippen LogP contribution < -0.4 is 5.32 Å². The molecule has 2 aliphatic rings. The van der Waals surface area contributed by atoms with Crippen molar-refractivity contribution in [3.8, 4) is 0 Å². The highest BCUT2D eigenvalue weighted by molar-refractivity contribution is 7.97. The molecular weight excluding hydrogens is 336 g/mol. The van der Waals surface area contributed by atoms with Crippen LogP contribution in [0.15, 0.2) is 46.5 Å². The van der Waals surface area contributed by atoms with E-state index in [1.165, 1.54) is 47.4 Å². The van der Waals surface area contributed by atoms with Gasteiger partial charge in [-0.3, -0.25) is 0 Å². The van der Waals surface area contributed by atoms with Gasteiger partial charge < -0.3 is 9.62 Å². The van der Waals surface area contributed by atoms with Crippen molar-refractivity contribution < 1.29 is 0 Å². The maximum Gasteiger partial charge on any atom is 0.0605 e. The van der Waals surface area contributed by atoms with Crippen LogP contribution in [0.2, 0.25) is 5.02 Å². The standard InChI is InChI=1S/C20H27ClN2S/c1-3-4-5-8-13-22-20-16-9-6-7-10-18(16)23(2)24-19-14-15(21)11-12-17(19)20/h6,9,11-12,14,20,22H,3-5,7-8,10,13H2,1-2H3. The van der Waals surface area contributed by atoms with E-state index < -0.39 is 0 Å². The zero-order chi connectivity index (χ0) is 16.9. The van der Waals surface area contributed by atoms with Crippen molar-refractivity contribution in [3.63, 3.8) is 0 Å². The van der Waals surface area contributed by atoms with E-state index in [1.807, 2.05) is 6.07 Å². The summed E-state index contributed by atoms with van der Waals surface area (Å²) in [7, 11) is 2.17. The highest BCUT2D eigenvalue weighted by atomic mass is 35.5. The van der Waals surface area contributed by atoms with Crippen LogP contribution in [-0.2, 0) is 0 Å². The first kappa shape index (κ1) is 17.9. The van der Waals surface area contributed by atoms with Crippen LogP contribution in [0.5, 0.6) is 0 Å². The first-order valence-corrected chi connectivity index (χ1v) is 10.2. The average molecular weight is 363 g/mol. The summed E-state index contributed by atoms with van der Waals surface area (Å²) in [4.78, 5) is 1.26. The number of benzene rings is 1. The number of rotatable bonds is 6. The van der Waals surface area contributed by atoms with E-state index in [0.717, 1.165) is 24.4 Å². The van der Waals surface area contributed by atoms with E-state index in [1.54, 1.807) is 11.9 Å². The Bertz CT molecular complexity index is 639. The minimum absolute atomic E-state index is 0.267. The second-order valence-corrected chi connectivity index (χ2v) is 8.17. The number of hydrogen-bond acceptors (Lipinski definition) is 3. The Morgan fingerprint density at radius 2 is 2.17 bits per heavy atom. The molecule has 2 nitrogen and oxygen atoms in total. The van der Waals surface area contributed by atoms with Crippen LogP contribution in [0.1, 0.15) is 57.1 Å². The zero-order valence-corrected chi connectivity index (χ0v) is 16.2. The first-order chi connectivity index (χ1) is 11.7. The van der Waals surface area contributed by atoms with E-state index in [2.05, 4.69) is 47.9 Å². The fourth-order valence-corrected chi connectivity index (χ4v) is 4.80. The van der Waals surface area contributed by atoms with Gasteiger partial charge in [-0.1, -0.05) is 56.0 Å². The van der Waals surface area contributed by atoms with E-state index in [-0.39, 0.29) is 6.04 Å². The van der Waals surface area contributed by atoms with Gasteiger partial charge in [0.2, 0.25) is 0 Å². The largest absolute Gasteiger partial charge is 0.319 e. The molecule has 1 aromatic rings. The maximum absolute atomic E-state index is 6.26. The summed E-state index contributed by atoms with van der Waals surface area (Å²) in [6.45, 7) is 3.32. The Kier molecular flexibility index (Phi) is 6.31. The third kappa shape index (κ3) is 4.01. The number of hydrogen-bond donors (Lipinski definition) is 1. The Labute approximate surface area is 155 Å². The molecule has 0 fully saturated rings. The lowest BCUT2D eigenvalue weighted by Gasteiger charge is -2.26. The molecule has 1 atom stereocenters. The predicted octanol–water partition coefficient (Wildman–Crippen LogP) is 6.11. The summed E-state index contributed by atoms with van der Waals surface area (Å²) in [5, 5.41) is 4.64. The lowest BCUT2D eigenvalue weighted by atomic mass is 9.92. The van der Waals surface area contributed by atoms with Gasteiger partial charge in [0.05, 0.1) is 6.04 Å². The zero-order valence-electron chi connectivity index (χ0n) is 14.6. The van der Waals surface area contributed by atoms with Crippen LogP contribution in [0.4, 0.5) is 0 Å². The van der Waals surface area contributed by atoms with Crippen molar-refractivity contribution in [1.82, 2.24) is 9.62 Å². The van der Waals surface area contributed by atoms with Crippen LogP contribution in [-0.4, -0.2) is 17.9 Å². The van der Waals surface area contributed by atoms with E-state index in [4.69, 9.17) is 11.6 Å². The number of nitrogens with zero attached hydrogens (tertiary/aromatic N) is 1. The molecule has 4 heteroatoms. The quantitative estimate of drug-likeness (QED) is 0.485. The van der Waals surface area contributed by atoms with Gasteiger partial charge in [-0.25, -0.2) is 0 Å². The smallest absolute Gasteiger partial charge is 0.0605 e. The molecule has 0 saturated carbocycles. The fourth-order valence-electron chi connectivity index (χ4n) is 3.49. The van der Waals surface area contributed by atoms with Gasteiger partial charge in [-0.15, -0.1) is 0 Å². The van der Waals surface area contributed by atoms with Crippen molar-refractivity contribution in [2.75, 3.05) is 13.6 Å². The molecule has 1 aliphatic heterocycles. The summed E-state index contributed by atoms with van der Waals surface area (Å²) >= 11 is 8.06. The average Bonchev–Trinajstić information content (AvgIpc) is 2.69. The van der Waals surface area contributed by atoms with Crippen molar-refractivity contribution in [2.45, 2.75) is 56.4 Å². The Morgan fingerprint density at radius 3 is 3.00 bits per heavy atom. The minimum Gasteiger partial charge on any atom is -0.319 e. The minimum atomic E-state index is 0.267. The molecule has 0 aromatic heterocycles. The molecule has 0 radical (unpaired) electrons. The molecule has 24 heavy (non-hydrogen) atoms. The Morgan fingerprint density at radius 1 is 1.29 bits per heavy atom. The lowest BCUT2D eigenvalue weighted by Crippen LogP contribution is -2.26. The molecule has 1 unspecified atom stereocenters. The third-order valence-corrected chi connectivity index (χ3v) is 6.05. The molecule has 1 N–H and O–H groups in total. The van der Waals surface area contributed by atoms with Gasteiger partial charge in [0.1, 0.15) is 0 Å². The van der Waals surface area contributed by atoms with Crippen LogP contribution in [0.3, 0.4) is 0 Å². The molecule has 3 rings (SSSR count). The SMILES string of the molecule is CCCCCCNC1C2=C(CCC=C2)N(C)Sc2cc(Cl)ccc21. The Balaban J connectivity index is 1.88. The normalized spacial score (nSPS) is 20.0. The van der Waals surface area contributed by atoms with Gasteiger partial charge in [-0.2, -0.15) is 0 Å². The molecule has 0 spiro atoms. The molecule has 1 heterocycles. The molecule has 130 valence electrons. The van der Waals surface area contributed by atoms with Crippen LogP contribution >= 0.6 is 23.5 Å². The second-order valence-electron chi connectivity index (χ2n) is 6.56. The summed E-state index contributed by atoms with van der Waals surface area (Å²) in [6, 6.07) is 6.58. The fraction of sp³-hybridized carbons (Fsp3) is 0.500. The van der Waals surface area contributed by atoms with Gasteiger partial charge in [-0.05, 0) is 61.0 Å². The van der Waals surface area contributed by atoms with Gasteiger partial charge in [0.15, 0.2) is 0 Å². The summed E-state index contributed by atoms with van der Waals surface area (Å²) in [5.41, 5.74) is 4.22. The monoisotopic (exact) mass is 362 g/mol. The number of unbranched alkanes of at least 4 members (excludes halogenated alkanes) is 3. The van der Waals surface area contributed by atoms with Gasteiger partial charge in [0, 0.05) is 22.7 Å². The lowest BCUT2D eigenvalue weighted by molar-refractivity contribution is 0.537. The highest BCUT2D eigenvalue weighted by Crippen LogP contribution is 2.44. The molecule has 0 amide bonds. The number of halogens is 1. The second kappa shape index (κ2) is 8.46. The van der Waals surface area contributed by atoms with Crippen LogP contribution in [0.25, 0.3) is 0 Å². The number of fused-ring (bicyclic) bond motifs is 1. The highest BCUT2D eigenvalue weighted by Gasteiger charge is 2.28. The van der Waals surface area contributed by atoms with Crippen molar-refractivity contribution in [3.05, 3.63) is 52.2 Å². The number of allylic oxidation sites excluding steroid dienone is 2. The molecule has 0 bridgehead atoms. The van der Waals surface area contributed by atoms with Gasteiger partial charge >= 0.3 is 0 Å². The van der Waals surface area contributed by atoms with Crippen molar-refractivity contribution >= 4 is 23.5 Å². The van der Waals surface area contributed by atoms with E-state index in [9.17, 15) is 0 Å². The molecule has 1 aromatic carbocycles. The summed E-state index contributed by atoms with van der Waals surface area (Å²) < 4.78 is 2.33. The van der Waals surface area contributed by atoms with Crippen molar-refractivity contribution in [2.24, 2.45) is 0 Å². The predicted molar refractivity (Wildman–Crippen MR) is 105 cm³/mol. The molecule has 1 aliphatic carbocycles.